The van der Waals surface area contributed by atoms with Crippen LogP contribution >= 0.6 is 11.8 Å². The van der Waals surface area contributed by atoms with E-state index in [1.54, 1.807) is 26.2 Å². The summed E-state index contributed by atoms with van der Waals surface area (Å²) in [4.78, 5) is 26.6. The minimum atomic E-state index is -0.379. The maximum atomic E-state index is 12.5. The predicted molar refractivity (Wildman–Crippen MR) is 110 cm³/mol. The van der Waals surface area contributed by atoms with Gasteiger partial charge in [0.1, 0.15) is 6.61 Å². The molecule has 0 saturated heterocycles. The molecule has 5 heteroatoms. The van der Waals surface area contributed by atoms with E-state index >= 15 is 0 Å². The summed E-state index contributed by atoms with van der Waals surface area (Å²) >= 11 is 1.35. The third-order valence-corrected chi connectivity index (χ3v) is 5.21. The topological polar surface area (TPSA) is 46.6 Å². The lowest BCUT2D eigenvalue weighted by atomic mass is 9.87. The van der Waals surface area contributed by atoms with Crippen molar-refractivity contribution < 1.29 is 14.3 Å². The van der Waals surface area contributed by atoms with Crippen molar-refractivity contribution in [3.8, 4) is 0 Å². The van der Waals surface area contributed by atoms with Crippen LogP contribution in [0.25, 0.3) is 0 Å². The fraction of sp³-hybridized carbons (Fsp3) is 0.364. The molecule has 1 amide bonds. The smallest absolute Gasteiger partial charge is 0.339 e. The number of carbonyl (C=O) groups excluding carboxylic acids is 2. The van der Waals surface area contributed by atoms with E-state index in [2.05, 4.69) is 32.9 Å². The minimum absolute atomic E-state index is 0.00195. The lowest BCUT2D eigenvalue weighted by Crippen LogP contribution is -2.23. The second kappa shape index (κ2) is 9.09. The van der Waals surface area contributed by atoms with Crippen LogP contribution in [0.2, 0.25) is 0 Å². The first-order valence-electron chi connectivity index (χ1n) is 8.87. The van der Waals surface area contributed by atoms with Crippen LogP contribution in [0.5, 0.6) is 0 Å². The molecule has 2 rings (SSSR count). The summed E-state index contributed by atoms with van der Waals surface area (Å²) in [5, 5.41) is 0. The molecule has 0 saturated carbocycles. The van der Waals surface area contributed by atoms with Gasteiger partial charge in [-0.2, -0.15) is 0 Å². The maximum Gasteiger partial charge on any atom is 0.339 e. The van der Waals surface area contributed by atoms with E-state index in [1.807, 2.05) is 24.3 Å². The van der Waals surface area contributed by atoms with Crippen molar-refractivity contribution in [1.29, 1.82) is 0 Å². The van der Waals surface area contributed by atoms with Crippen molar-refractivity contribution in [2.45, 2.75) is 37.7 Å². The van der Waals surface area contributed by atoms with Gasteiger partial charge in [-0.05, 0) is 28.7 Å². The highest BCUT2D eigenvalue weighted by Gasteiger charge is 2.16. The Kier molecular flexibility index (Phi) is 7.08. The molecule has 2 aromatic carbocycles. The van der Waals surface area contributed by atoms with Crippen LogP contribution in [0.15, 0.2) is 53.4 Å². The lowest BCUT2D eigenvalue weighted by molar-refractivity contribution is -0.125. The van der Waals surface area contributed by atoms with Crippen molar-refractivity contribution in [2.24, 2.45) is 0 Å². The fourth-order valence-corrected chi connectivity index (χ4v) is 3.38. The largest absolute Gasteiger partial charge is 0.457 e. The number of hydrogen-bond acceptors (Lipinski definition) is 4. The highest BCUT2D eigenvalue weighted by atomic mass is 32.2. The first-order chi connectivity index (χ1) is 12.7. The molecule has 0 aliphatic heterocycles. The van der Waals surface area contributed by atoms with Crippen LogP contribution in [0, 0.1) is 0 Å². The summed E-state index contributed by atoms with van der Waals surface area (Å²) in [5.41, 5.74) is 2.77. The Hall–Kier alpha value is -2.27. The second-order valence-electron chi connectivity index (χ2n) is 7.60. The molecule has 0 aliphatic rings. The summed E-state index contributed by atoms with van der Waals surface area (Å²) in [6.45, 7) is 6.71. The lowest BCUT2D eigenvalue weighted by Gasteiger charge is -2.19. The van der Waals surface area contributed by atoms with Crippen molar-refractivity contribution >= 4 is 23.6 Å². The zero-order valence-corrected chi connectivity index (χ0v) is 17.4. The molecule has 0 bridgehead atoms. The zero-order valence-electron chi connectivity index (χ0n) is 16.6. The van der Waals surface area contributed by atoms with Gasteiger partial charge in [-0.1, -0.05) is 57.2 Å². The standard InChI is InChI=1S/C22H27NO3S/c1-22(2,3)17-12-10-16(11-13-17)14-26-21(25)18-8-6-7-9-19(18)27-15-20(24)23(4)5/h6-13H,14-15H2,1-5H3. The third kappa shape index (κ3) is 6.14. The van der Waals surface area contributed by atoms with Gasteiger partial charge < -0.3 is 9.64 Å². The van der Waals surface area contributed by atoms with E-state index in [0.29, 0.717) is 5.56 Å². The summed E-state index contributed by atoms with van der Waals surface area (Å²) in [5.74, 6) is -0.0941. The Morgan fingerprint density at radius 3 is 2.22 bits per heavy atom. The van der Waals surface area contributed by atoms with E-state index in [1.165, 1.54) is 22.2 Å². The van der Waals surface area contributed by atoms with Gasteiger partial charge in [0.25, 0.3) is 0 Å². The average Bonchev–Trinajstić information content (AvgIpc) is 2.63. The van der Waals surface area contributed by atoms with Gasteiger partial charge in [-0.25, -0.2) is 4.79 Å². The van der Waals surface area contributed by atoms with Gasteiger partial charge in [-0.15, -0.1) is 11.8 Å². The van der Waals surface area contributed by atoms with Gasteiger partial charge in [0.15, 0.2) is 0 Å². The molecule has 0 aliphatic carbocycles. The summed E-state index contributed by atoms with van der Waals surface area (Å²) in [6, 6.07) is 15.3. The van der Waals surface area contributed by atoms with Crippen molar-refractivity contribution in [2.75, 3.05) is 19.8 Å². The predicted octanol–water partition coefficient (Wildman–Crippen LogP) is 4.52. The first-order valence-corrected chi connectivity index (χ1v) is 9.85. The molecule has 0 radical (unpaired) electrons. The van der Waals surface area contributed by atoms with Gasteiger partial charge >= 0.3 is 5.97 Å². The number of rotatable bonds is 6. The Morgan fingerprint density at radius 2 is 1.63 bits per heavy atom. The van der Waals surface area contributed by atoms with E-state index in [0.717, 1.165) is 10.5 Å². The third-order valence-electron chi connectivity index (χ3n) is 4.15. The van der Waals surface area contributed by atoms with Crippen LogP contribution < -0.4 is 0 Å². The van der Waals surface area contributed by atoms with Crippen molar-refractivity contribution in [1.82, 2.24) is 4.90 Å². The summed E-state index contributed by atoms with van der Waals surface area (Å²) in [7, 11) is 3.43. The minimum Gasteiger partial charge on any atom is -0.457 e. The quantitative estimate of drug-likeness (QED) is 0.542. The van der Waals surface area contributed by atoms with Crippen molar-refractivity contribution in [3.05, 3.63) is 65.2 Å². The molecule has 0 atom stereocenters. The first kappa shape index (κ1) is 21.0. The summed E-state index contributed by atoms with van der Waals surface area (Å²) in [6.07, 6.45) is 0. The highest BCUT2D eigenvalue weighted by molar-refractivity contribution is 8.00. The van der Waals surface area contributed by atoms with E-state index < -0.39 is 0 Å². The number of hydrogen-bond donors (Lipinski definition) is 0. The van der Waals surface area contributed by atoms with Crippen LogP contribution in [0.4, 0.5) is 0 Å². The van der Waals surface area contributed by atoms with Gasteiger partial charge in [0, 0.05) is 19.0 Å². The number of nitrogens with zero attached hydrogens (tertiary/aromatic N) is 1. The SMILES string of the molecule is CN(C)C(=O)CSc1ccccc1C(=O)OCc1ccc(C(C)(C)C)cc1. The molecule has 27 heavy (non-hydrogen) atoms. The number of thioether (sulfide) groups is 1. The molecule has 0 fully saturated rings. The number of ether oxygens (including phenoxy) is 1. The molecule has 0 heterocycles. The van der Waals surface area contributed by atoms with E-state index in [9.17, 15) is 9.59 Å². The molecule has 0 spiro atoms. The Bertz CT molecular complexity index is 792. The van der Waals surface area contributed by atoms with E-state index in [-0.39, 0.29) is 29.7 Å². The normalized spacial score (nSPS) is 11.1. The highest BCUT2D eigenvalue weighted by Crippen LogP contribution is 2.25. The Balaban J connectivity index is 2.01. The Labute approximate surface area is 165 Å². The van der Waals surface area contributed by atoms with E-state index in [4.69, 9.17) is 4.74 Å². The fourth-order valence-electron chi connectivity index (χ4n) is 2.36. The van der Waals surface area contributed by atoms with Gasteiger partial charge in [-0.3, -0.25) is 4.79 Å². The van der Waals surface area contributed by atoms with Gasteiger partial charge in [0.2, 0.25) is 5.91 Å². The molecule has 144 valence electrons. The van der Waals surface area contributed by atoms with Crippen LogP contribution in [0.3, 0.4) is 0 Å². The molecule has 0 aromatic heterocycles. The molecule has 0 unspecified atom stereocenters. The molecule has 0 N–H and O–H groups in total. The number of amides is 1. The van der Waals surface area contributed by atoms with Crippen LogP contribution in [-0.4, -0.2) is 36.6 Å². The number of carbonyl (C=O) groups is 2. The number of benzene rings is 2. The monoisotopic (exact) mass is 385 g/mol. The van der Waals surface area contributed by atoms with Crippen molar-refractivity contribution in [3.63, 3.8) is 0 Å². The molecule has 4 nitrogen and oxygen atoms in total. The zero-order chi connectivity index (χ0) is 20.0. The molecule has 2 aromatic rings. The van der Waals surface area contributed by atoms with Crippen LogP contribution in [-0.2, 0) is 21.6 Å². The van der Waals surface area contributed by atoms with Gasteiger partial charge in [0.05, 0.1) is 11.3 Å². The molecular weight excluding hydrogens is 358 g/mol. The Morgan fingerprint density at radius 1 is 1.00 bits per heavy atom. The maximum absolute atomic E-state index is 12.5. The second-order valence-corrected chi connectivity index (χ2v) is 8.61. The number of esters is 1. The molecular formula is C22H27NO3S. The average molecular weight is 386 g/mol. The van der Waals surface area contributed by atoms with Crippen LogP contribution in [0.1, 0.15) is 42.3 Å². The summed E-state index contributed by atoms with van der Waals surface area (Å²) < 4.78 is 5.49.